The molecule has 0 bridgehead atoms. The zero-order valence-corrected chi connectivity index (χ0v) is 11.8. The number of ether oxygens (including phenoxy) is 1. The van der Waals surface area contributed by atoms with Gasteiger partial charge in [-0.2, -0.15) is 0 Å². The Morgan fingerprint density at radius 2 is 2.15 bits per heavy atom. The normalized spacial score (nSPS) is 14.5. The van der Waals surface area contributed by atoms with E-state index in [1.807, 2.05) is 6.92 Å². The van der Waals surface area contributed by atoms with E-state index < -0.39 is 0 Å². The third-order valence-corrected chi connectivity index (χ3v) is 3.55. The topological polar surface area (TPSA) is 60.2 Å². The minimum atomic E-state index is 0.386. The highest BCUT2D eigenvalue weighted by Crippen LogP contribution is 2.26. The molecular formula is C15H19N3O2. The van der Waals surface area contributed by atoms with Gasteiger partial charge in [0.15, 0.2) is 0 Å². The summed E-state index contributed by atoms with van der Waals surface area (Å²) in [7, 11) is 0. The molecule has 3 rings (SSSR count). The Hall–Kier alpha value is -1.88. The first-order valence-corrected chi connectivity index (χ1v) is 6.97. The van der Waals surface area contributed by atoms with Crippen LogP contribution < -0.4 is 10.1 Å². The van der Waals surface area contributed by atoms with Crippen LogP contribution in [0.4, 0.5) is 0 Å². The number of aromatic nitrogens is 2. The fourth-order valence-corrected chi connectivity index (χ4v) is 2.12. The standard InChI is InChI=1S/C15H19N3O2/c1-10-4-3-5-12(8-16-13-6-7-13)15(10)19-9-14-11(2)17-20-18-14/h3-5,13,16H,6-9H2,1-2H3. The van der Waals surface area contributed by atoms with Crippen molar-refractivity contribution in [3.63, 3.8) is 0 Å². The molecule has 1 N–H and O–H groups in total. The highest BCUT2D eigenvalue weighted by atomic mass is 16.6. The Balaban J connectivity index is 1.71. The Kier molecular flexibility index (Phi) is 3.69. The van der Waals surface area contributed by atoms with Crippen LogP contribution >= 0.6 is 0 Å². The lowest BCUT2D eigenvalue weighted by atomic mass is 10.1. The first-order valence-electron chi connectivity index (χ1n) is 6.97. The molecule has 1 fully saturated rings. The van der Waals surface area contributed by atoms with E-state index in [0.717, 1.165) is 29.2 Å². The third kappa shape index (κ3) is 2.99. The Bertz CT molecular complexity index is 591. The number of hydrogen-bond donors (Lipinski definition) is 1. The van der Waals surface area contributed by atoms with Gasteiger partial charge in [-0.3, -0.25) is 0 Å². The van der Waals surface area contributed by atoms with Gasteiger partial charge in [-0.05, 0) is 32.3 Å². The van der Waals surface area contributed by atoms with Crippen LogP contribution in [0.25, 0.3) is 0 Å². The van der Waals surface area contributed by atoms with Crippen LogP contribution in [-0.2, 0) is 13.2 Å². The summed E-state index contributed by atoms with van der Waals surface area (Å²) in [6.45, 7) is 5.15. The van der Waals surface area contributed by atoms with Crippen molar-refractivity contribution in [1.29, 1.82) is 0 Å². The Labute approximate surface area is 118 Å². The summed E-state index contributed by atoms with van der Waals surface area (Å²) in [6, 6.07) is 6.91. The predicted octanol–water partition coefficient (Wildman–Crippen LogP) is 2.52. The van der Waals surface area contributed by atoms with Crippen molar-refractivity contribution in [2.24, 2.45) is 0 Å². The number of hydrogen-bond acceptors (Lipinski definition) is 5. The summed E-state index contributed by atoms with van der Waals surface area (Å²) in [6.07, 6.45) is 2.57. The van der Waals surface area contributed by atoms with Gasteiger partial charge in [0.05, 0.1) is 0 Å². The smallest absolute Gasteiger partial charge is 0.145 e. The number of nitrogens with one attached hydrogen (secondary N) is 1. The molecule has 20 heavy (non-hydrogen) atoms. The predicted molar refractivity (Wildman–Crippen MR) is 74.4 cm³/mol. The van der Waals surface area contributed by atoms with Crippen LogP contribution in [0.1, 0.15) is 35.4 Å². The summed E-state index contributed by atoms with van der Waals surface area (Å²) in [5, 5.41) is 11.1. The molecule has 0 saturated heterocycles. The zero-order valence-electron chi connectivity index (χ0n) is 11.8. The summed E-state index contributed by atoms with van der Waals surface area (Å²) in [5.74, 6) is 0.933. The van der Waals surface area contributed by atoms with Crippen molar-refractivity contribution in [2.45, 2.75) is 45.9 Å². The van der Waals surface area contributed by atoms with E-state index in [2.05, 4.69) is 45.4 Å². The highest BCUT2D eigenvalue weighted by molar-refractivity contribution is 5.40. The summed E-state index contributed by atoms with van der Waals surface area (Å²) in [5.41, 5.74) is 3.84. The van der Waals surface area contributed by atoms with Crippen molar-refractivity contribution in [2.75, 3.05) is 0 Å². The average molecular weight is 273 g/mol. The lowest BCUT2D eigenvalue weighted by molar-refractivity contribution is 0.267. The van der Waals surface area contributed by atoms with Crippen molar-refractivity contribution >= 4 is 0 Å². The lowest BCUT2D eigenvalue weighted by Gasteiger charge is -2.14. The molecule has 1 saturated carbocycles. The second-order valence-electron chi connectivity index (χ2n) is 5.30. The van der Waals surface area contributed by atoms with E-state index in [1.165, 1.54) is 18.4 Å². The van der Waals surface area contributed by atoms with Crippen LogP contribution in [0, 0.1) is 13.8 Å². The van der Waals surface area contributed by atoms with Crippen LogP contribution in [-0.4, -0.2) is 16.4 Å². The monoisotopic (exact) mass is 273 g/mol. The van der Waals surface area contributed by atoms with Crippen LogP contribution in [0.15, 0.2) is 22.8 Å². The first-order chi connectivity index (χ1) is 9.74. The minimum Gasteiger partial charge on any atom is -0.486 e. The van der Waals surface area contributed by atoms with Gasteiger partial charge in [-0.15, -0.1) is 0 Å². The first kappa shape index (κ1) is 13.1. The molecule has 106 valence electrons. The number of para-hydroxylation sites is 1. The molecular weight excluding hydrogens is 254 g/mol. The maximum absolute atomic E-state index is 5.94. The van der Waals surface area contributed by atoms with E-state index in [1.54, 1.807) is 0 Å². The third-order valence-electron chi connectivity index (χ3n) is 3.55. The van der Waals surface area contributed by atoms with Gasteiger partial charge < -0.3 is 10.1 Å². The minimum absolute atomic E-state index is 0.386. The number of rotatable bonds is 6. The van der Waals surface area contributed by atoms with Crippen LogP contribution in [0.3, 0.4) is 0 Å². The molecule has 5 nitrogen and oxygen atoms in total. The SMILES string of the molecule is Cc1cccc(CNC2CC2)c1OCc1nonc1C. The summed E-state index contributed by atoms with van der Waals surface area (Å²) < 4.78 is 10.6. The second kappa shape index (κ2) is 5.63. The molecule has 0 amide bonds. The van der Waals surface area contributed by atoms with Crippen molar-refractivity contribution < 1.29 is 9.37 Å². The summed E-state index contributed by atoms with van der Waals surface area (Å²) in [4.78, 5) is 0. The molecule has 5 heteroatoms. The van der Waals surface area contributed by atoms with Crippen LogP contribution in [0.2, 0.25) is 0 Å². The van der Waals surface area contributed by atoms with Crippen molar-refractivity contribution in [1.82, 2.24) is 15.6 Å². The molecule has 1 aliphatic rings. The molecule has 1 aliphatic carbocycles. The zero-order chi connectivity index (χ0) is 13.9. The molecule has 0 radical (unpaired) electrons. The van der Waals surface area contributed by atoms with E-state index >= 15 is 0 Å². The van der Waals surface area contributed by atoms with E-state index in [4.69, 9.17) is 4.74 Å². The number of nitrogens with zero attached hydrogens (tertiary/aromatic N) is 2. The fourth-order valence-electron chi connectivity index (χ4n) is 2.12. The van der Waals surface area contributed by atoms with Gasteiger partial charge in [0.2, 0.25) is 0 Å². The van der Waals surface area contributed by atoms with Crippen LogP contribution in [0.5, 0.6) is 5.75 Å². The Morgan fingerprint density at radius 3 is 2.85 bits per heavy atom. The van der Waals surface area contributed by atoms with Crippen molar-refractivity contribution in [3.05, 3.63) is 40.7 Å². The number of aryl methyl sites for hydroxylation is 2. The second-order valence-corrected chi connectivity index (χ2v) is 5.30. The largest absolute Gasteiger partial charge is 0.486 e. The molecule has 1 aromatic heterocycles. The maximum atomic E-state index is 5.94. The van der Waals surface area contributed by atoms with E-state index in [-0.39, 0.29) is 0 Å². The molecule has 0 aliphatic heterocycles. The van der Waals surface area contributed by atoms with Gasteiger partial charge in [0.1, 0.15) is 23.7 Å². The molecule has 0 atom stereocenters. The molecule has 1 aromatic carbocycles. The van der Waals surface area contributed by atoms with Gasteiger partial charge in [-0.1, -0.05) is 28.5 Å². The van der Waals surface area contributed by atoms with E-state index in [9.17, 15) is 0 Å². The average Bonchev–Trinajstić information content (AvgIpc) is 3.18. The summed E-state index contributed by atoms with van der Waals surface area (Å²) >= 11 is 0. The van der Waals surface area contributed by atoms with E-state index in [0.29, 0.717) is 12.6 Å². The van der Waals surface area contributed by atoms with Crippen molar-refractivity contribution in [3.8, 4) is 5.75 Å². The molecule has 0 unspecified atom stereocenters. The molecule has 2 aromatic rings. The van der Waals surface area contributed by atoms with Gasteiger partial charge in [-0.25, -0.2) is 4.63 Å². The van der Waals surface area contributed by atoms with Gasteiger partial charge in [0, 0.05) is 18.2 Å². The van der Waals surface area contributed by atoms with Gasteiger partial charge >= 0.3 is 0 Å². The molecule has 1 heterocycles. The fraction of sp³-hybridized carbons (Fsp3) is 0.467. The Morgan fingerprint density at radius 1 is 1.30 bits per heavy atom. The number of benzene rings is 1. The molecule has 0 spiro atoms. The maximum Gasteiger partial charge on any atom is 0.145 e. The quantitative estimate of drug-likeness (QED) is 0.876. The van der Waals surface area contributed by atoms with Gasteiger partial charge in [0.25, 0.3) is 0 Å². The highest BCUT2D eigenvalue weighted by Gasteiger charge is 2.21. The lowest BCUT2D eigenvalue weighted by Crippen LogP contribution is -2.16.